The Bertz CT molecular complexity index is 294. The van der Waals surface area contributed by atoms with Crippen LogP contribution < -0.4 is 5.32 Å². The summed E-state index contributed by atoms with van der Waals surface area (Å²) in [7, 11) is 1.76. The first kappa shape index (κ1) is 12.6. The molecule has 0 aliphatic carbocycles. The zero-order chi connectivity index (χ0) is 11.4. The molecule has 15 heavy (non-hydrogen) atoms. The molecule has 0 amide bonds. The van der Waals surface area contributed by atoms with Gasteiger partial charge in [-0.1, -0.05) is 19.1 Å². The van der Waals surface area contributed by atoms with Gasteiger partial charge < -0.3 is 10.4 Å². The fraction of sp³-hybridized carbons (Fsp3) is 0.778. The van der Waals surface area contributed by atoms with E-state index in [0.717, 1.165) is 6.54 Å². The highest BCUT2D eigenvalue weighted by Gasteiger charge is 2.16. The van der Waals surface area contributed by atoms with Crippen molar-refractivity contribution in [3.8, 4) is 0 Å². The van der Waals surface area contributed by atoms with Crippen molar-refractivity contribution in [3.05, 3.63) is 10.3 Å². The van der Waals surface area contributed by atoms with Gasteiger partial charge in [-0.2, -0.15) is 0 Å². The van der Waals surface area contributed by atoms with Crippen molar-refractivity contribution in [3.63, 3.8) is 0 Å². The van der Waals surface area contributed by atoms with E-state index in [4.69, 9.17) is 0 Å². The molecule has 1 heterocycles. The van der Waals surface area contributed by atoms with E-state index in [0.29, 0.717) is 22.8 Å². The van der Waals surface area contributed by atoms with Crippen LogP contribution in [0.5, 0.6) is 0 Å². The van der Waals surface area contributed by atoms with Crippen molar-refractivity contribution in [2.45, 2.75) is 20.0 Å². The molecule has 0 saturated heterocycles. The fourth-order valence-corrected chi connectivity index (χ4v) is 1.89. The summed E-state index contributed by atoms with van der Waals surface area (Å²) in [6.45, 7) is 5.65. The Hall–Kier alpha value is -0.460. The number of hydrogen-bond donors (Lipinski definition) is 2. The number of aromatic nitrogens is 3. The normalized spacial score (nSPS) is 13.5. The van der Waals surface area contributed by atoms with Crippen molar-refractivity contribution in [2.75, 3.05) is 13.1 Å². The fourth-order valence-electron chi connectivity index (χ4n) is 1.30. The van der Waals surface area contributed by atoms with Crippen LogP contribution in [0.4, 0.5) is 0 Å². The maximum atomic E-state index is 9.89. The lowest BCUT2D eigenvalue weighted by Crippen LogP contribution is -2.26. The first-order valence-corrected chi connectivity index (χ1v) is 5.75. The van der Waals surface area contributed by atoms with E-state index in [2.05, 4.69) is 45.4 Å². The molecule has 0 saturated carbocycles. The van der Waals surface area contributed by atoms with Gasteiger partial charge in [-0.15, -0.1) is 5.10 Å². The zero-order valence-electron chi connectivity index (χ0n) is 9.24. The van der Waals surface area contributed by atoms with Crippen molar-refractivity contribution < 1.29 is 5.11 Å². The smallest absolute Gasteiger partial charge is 0.154 e. The average molecular weight is 277 g/mol. The highest BCUT2D eigenvalue weighted by Crippen LogP contribution is 2.19. The Labute approximate surface area is 98.0 Å². The lowest BCUT2D eigenvalue weighted by atomic mass is 10.2. The molecule has 0 radical (unpaired) electrons. The average Bonchev–Trinajstić information content (AvgIpc) is 2.45. The van der Waals surface area contributed by atoms with E-state index in [-0.39, 0.29) is 0 Å². The van der Waals surface area contributed by atoms with E-state index < -0.39 is 6.10 Å². The van der Waals surface area contributed by atoms with Crippen LogP contribution in [0.15, 0.2) is 4.60 Å². The molecule has 0 aliphatic heterocycles. The van der Waals surface area contributed by atoms with Crippen LogP contribution in [0.2, 0.25) is 0 Å². The lowest BCUT2D eigenvalue weighted by molar-refractivity contribution is 0.163. The molecule has 0 aromatic carbocycles. The van der Waals surface area contributed by atoms with Crippen molar-refractivity contribution in [2.24, 2.45) is 13.0 Å². The quantitative estimate of drug-likeness (QED) is 0.837. The topological polar surface area (TPSA) is 63.0 Å². The molecule has 0 spiro atoms. The van der Waals surface area contributed by atoms with Gasteiger partial charge in [0.05, 0.1) is 0 Å². The largest absolute Gasteiger partial charge is 0.385 e. The van der Waals surface area contributed by atoms with Gasteiger partial charge in [0.2, 0.25) is 0 Å². The number of halogens is 1. The molecule has 5 nitrogen and oxygen atoms in total. The van der Waals surface area contributed by atoms with E-state index in [1.807, 2.05) is 0 Å². The Kier molecular flexibility index (Phi) is 4.69. The molecule has 6 heteroatoms. The van der Waals surface area contributed by atoms with E-state index in [9.17, 15) is 5.11 Å². The van der Waals surface area contributed by atoms with Crippen LogP contribution in [0, 0.1) is 5.92 Å². The molecular weight excluding hydrogens is 260 g/mol. The molecule has 0 bridgehead atoms. The van der Waals surface area contributed by atoms with Crippen molar-refractivity contribution in [1.29, 1.82) is 0 Å². The first-order valence-electron chi connectivity index (χ1n) is 4.96. The van der Waals surface area contributed by atoms with Crippen LogP contribution in [0.1, 0.15) is 25.6 Å². The van der Waals surface area contributed by atoms with Crippen LogP contribution in [-0.4, -0.2) is 33.2 Å². The summed E-state index contributed by atoms with van der Waals surface area (Å²) in [4.78, 5) is 0. The lowest BCUT2D eigenvalue weighted by Gasteiger charge is -2.13. The number of aryl methyl sites for hydroxylation is 1. The Morgan fingerprint density at radius 3 is 2.60 bits per heavy atom. The number of hydrogen-bond acceptors (Lipinski definition) is 4. The number of nitrogens with one attached hydrogen (secondary N) is 1. The maximum Gasteiger partial charge on any atom is 0.154 e. The summed E-state index contributed by atoms with van der Waals surface area (Å²) >= 11 is 3.26. The second-order valence-corrected chi connectivity index (χ2v) is 4.71. The summed E-state index contributed by atoms with van der Waals surface area (Å²) in [5.74, 6) is 0.574. The number of aliphatic hydroxyl groups excluding tert-OH is 1. The summed E-state index contributed by atoms with van der Waals surface area (Å²) < 4.78 is 2.18. The standard InChI is InChI=1S/C9H17BrN4O/c1-6(2)4-11-5-7(15)8-9(10)12-13-14(8)3/h6-7,11,15H,4-5H2,1-3H3. The molecule has 0 aliphatic rings. The SMILES string of the molecule is CC(C)CNCC(O)c1c(Br)nnn1C. The van der Waals surface area contributed by atoms with E-state index in [1.54, 1.807) is 11.7 Å². The predicted octanol–water partition coefficient (Wildman–Crippen LogP) is 0.857. The van der Waals surface area contributed by atoms with E-state index >= 15 is 0 Å². The molecular formula is C9H17BrN4O. The summed E-state index contributed by atoms with van der Waals surface area (Å²) in [5, 5.41) is 20.7. The van der Waals surface area contributed by atoms with Crippen molar-refractivity contribution >= 4 is 15.9 Å². The summed E-state index contributed by atoms with van der Waals surface area (Å²) in [6.07, 6.45) is -0.585. The predicted molar refractivity (Wildman–Crippen MR) is 61.4 cm³/mol. The van der Waals surface area contributed by atoms with Crippen molar-refractivity contribution in [1.82, 2.24) is 20.3 Å². The second kappa shape index (κ2) is 5.58. The Morgan fingerprint density at radius 1 is 1.47 bits per heavy atom. The van der Waals surface area contributed by atoms with Gasteiger partial charge in [-0.3, -0.25) is 0 Å². The van der Waals surface area contributed by atoms with Gasteiger partial charge in [-0.05, 0) is 28.4 Å². The molecule has 1 unspecified atom stereocenters. The molecule has 1 aromatic rings. The van der Waals surface area contributed by atoms with E-state index in [1.165, 1.54) is 0 Å². The minimum atomic E-state index is -0.585. The molecule has 0 fully saturated rings. The second-order valence-electron chi connectivity index (χ2n) is 3.96. The van der Waals surface area contributed by atoms with Gasteiger partial charge in [0.1, 0.15) is 11.8 Å². The minimum Gasteiger partial charge on any atom is -0.385 e. The molecule has 1 rings (SSSR count). The van der Waals surface area contributed by atoms with Gasteiger partial charge in [0.15, 0.2) is 4.60 Å². The van der Waals surface area contributed by atoms with Crippen LogP contribution in [0.25, 0.3) is 0 Å². The van der Waals surface area contributed by atoms with Crippen LogP contribution in [0.3, 0.4) is 0 Å². The zero-order valence-corrected chi connectivity index (χ0v) is 10.8. The van der Waals surface area contributed by atoms with Gasteiger partial charge in [-0.25, -0.2) is 4.68 Å². The third kappa shape index (κ3) is 3.55. The molecule has 1 atom stereocenters. The monoisotopic (exact) mass is 276 g/mol. The third-order valence-electron chi connectivity index (χ3n) is 2.03. The van der Waals surface area contributed by atoms with Gasteiger partial charge in [0, 0.05) is 13.6 Å². The molecule has 86 valence electrons. The maximum absolute atomic E-state index is 9.89. The number of aliphatic hydroxyl groups is 1. The number of rotatable bonds is 5. The third-order valence-corrected chi connectivity index (χ3v) is 2.60. The first-order chi connectivity index (χ1) is 7.02. The Morgan fingerprint density at radius 2 is 2.13 bits per heavy atom. The molecule has 2 N–H and O–H groups in total. The molecule has 1 aromatic heterocycles. The summed E-state index contributed by atoms with van der Waals surface area (Å²) in [6, 6.07) is 0. The van der Waals surface area contributed by atoms with Crippen LogP contribution in [-0.2, 0) is 7.05 Å². The van der Waals surface area contributed by atoms with Gasteiger partial charge >= 0.3 is 0 Å². The highest BCUT2D eigenvalue weighted by atomic mass is 79.9. The minimum absolute atomic E-state index is 0.512. The number of nitrogens with zero attached hydrogens (tertiary/aromatic N) is 3. The highest BCUT2D eigenvalue weighted by molar-refractivity contribution is 9.10. The van der Waals surface area contributed by atoms with Gasteiger partial charge in [0.25, 0.3) is 0 Å². The summed E-state index contributed by atoms with van der Waals surface area (Å²) in [5.41, 5.74) is 0.700. The Balaban J connectivity index is 2.50. The van der Waals surface area contributed by atoms with Crippen LogP contribution >= 0.6 is 15.9 Å².